The second kappa shape index (κ2) is 10.4. The smallest absolute Gasteiger partial charge is 0.258 e. The van der Waals surface area contributed by atoms with Gasteiger partial charge >= 0.3 is 0 Å². The van der Waals surface area contributed by atoms with Crippen LogP contribution >= 0.6 is 0 Å². The van der Waals surface area contributed by atoms with Gasteiger partial charge in [0.15, 0.2) is 9.84 Å². The Morgan fingerprint density at radius 3 is 2.28 bits per heavy atom. The maximum Gasteiger partial charge on any atom is 0.258 e. The fourth-order valence-corrected chi connectivity index (χ4v) is 5.10. The zero-order chi connectivity index (χ0) is 25.9. The molecule has 0 atom stereocenters. The molecule has 3 aromatic rings. The number of para-hydroxylation sites is 1. The maximum absolute atomic E-state index is 13.7. The third-order valence-electron chi connectivity index (χ3n) is 6.03. The van der Waals surface area contributed by atoms with E-state index in [0.717, 1.165) is 12.3 Å². The van der Waals surface area contributed by atoms with Crippen molar-refractivity contribution >= 4 is 38.7 Å². The number of nitrogen functional groups attached to an aromatic ring is 1. The highest BCUT2D eigenvalue weighted by Gasteiger charge is 2.28. The van der Waals surface area contributed by atoms with Crippen LogP contribution < -0.4 is 15.5 Å². The molecule has 2 N–H and O–H groups in total. The number of nitrogens with zero attached hydrogens (tertiary/aromatic N) is 3. The van der Waals surface area contributed by atoms with Gasteiger partial charge in [0, 0.05) is 49.4 Å². The molecule has 0 spiro atoms. The van der Waals surface area contributed by atoms with Crippen LogP contribution in [0, 0.1) is 5.82 Å². The van der Waals surface area contributed by atoms with E-state index in [1.165, 1.54) is 17.0 Å². The number of amides is 2. The molecule has 1 fully saturated rings. The lowest BCUT2D eigenvalue weighted by molar-refractivity contribution is -0.129. The molecule has 0 aliphatic carbocycles. The lowest BCUT2D eigenvalue weighted by Gasteiger charge is -2.37. The first-order chi connectivity index (χ1) is 17.1. The summed E-state index contributed by atoms with van der Waals surface area (Å²) in [6, 6.07) is 19.2. The topological polar surface area (TPSA) is 104 Å². The van der Waals surface area contributed by atoms with E-state index in [2.05, 4.69) is 0 Å². The van der Waals surface area contributed by atoms with Crippen LogP contribution in [-0.2, 0) is 14.6 Å². The predicted molar refractivity (Wildman–Crippen MR) is 137 cm³/mol. The number of halogens is 1. The molecule has 1 heterocycles. The predicted octanol–water partition coefficient (Wildman–Crippen LogP) is 2.81. The maximum atomic E-state index is 13.7. The summed E-state index contributed by atoms with van der Waals surface area (Å²) in [4.78, 5) is 31.4. The summed E-state index contributed by atoms with van der Waals surface area (Å²) in [5.41, 5.74) is 7.67. The number of piperazine rings is 1. The molecule has 36 heavy (non-hydrogen) atoms. The first-order valence-electron chi connectivity index (χ1n) is 11.4. The Kier molecular flexibility index (Phi) is 7.25. The van der Waals surface area contributed by atoms with Gasteiger partial charge in [-0.15, -0.1) is 0 Å². The molecule has 0 aromatic heterocycles. The first kappa shape index (κ1) is 25.2. The lowest BCUT2D eigenvalue weighted by atomic mass is 10.1. The van der Waals surface area contributed by atoms with Crippen LogP contribution in [0.4, 0.5) is 21.5 Å². The molecule has 2 amide bonds. The van der Waals surface area contributed by atoms with Crippen LogP contribution in [0.3, 0.4) is 0 Å². The summed E-state index contributed by atoms with van der Waals surface area (Å²) < 4.78 is 38.1. The first-order valence-corrected chi connectivity index (χ1v) is 13.3. The normalized spacial score (nSPS) is 13.9. The van der Waals surface area contributed by atoms with Gasteiger partial charge in [-0.25, -0.2) is 12.8 Å². The fourth-order valence-electron chi connectivity index (χ4n) is 4.19. The van der Waals surface area contributed by atoms with Gasteiger partial charge in [0.2, 0.25) is 5.91 Å². The Morgan fingerprint density at radius 1 is 0.944 bits per heavy atom. The van der Waals surface area contributed by atoms with Crippen molar-refractivity contribution in [3.63, 3.8) is 0 Å². The van der Waals surface area contributed by atoms with E-state index in [9.17, 15) is 22.4 Å². The minimum absolute atomic E-state index is 0.0785. The zero-order valence-corrected chi connectivity index (χ0v) is 20.6. The second-order valence-electron chi connectivity index (χ2n) is 8.60. The minimum atomic E-state index is -3.64. The van der Waals surface area contributed by atoms with Gasteiger partial charge < -0.3 is 15.5 Å². The van der Waals surface area contributed by atoms with Crippen molar-refractivity contribution in [2.45, 2.75) is 4.90 Å². The Bertz CT molecular complexity index is 1370. The molecular formula is C26H27FN4O4S. The Balaban J connectivity index is 1.49. The van der Waals surface area contributed by atoms with Gasteiger partial charge in [0.1, 0.15) is 12.4 Å². The molecule has 188 valence electrons. The summed E-state index contributed by atoms with van der Waals surface area (Å²) in [6.07, 6.45) is 1.04. The van der Waals surface area contributed by atoms with Gasteiger partial charge in [0.25, 0.3) is 5.91 Å². The number of rotatable bonds is 6. The SMILES string of the molecule is CS(=O)(=O)c1cc(F)ccc1N1CCN(C(=O)CN(C(=O)c2cccc(N)c2)c2ccccc2)CC1. The number of nitrogens with two attached hydrogens (primary N) is 1. The van der Waals surface area contributed by atoms with Crippen LogP contribution in [0.25, 0.3) is 0 Å². The van der Waals surface area contributed by atoms with Crippen molar-refractivity contribution in [1.29, 1.82) is 0 Å². The van der Waals surface area contributed by atoms with Gasteiger partial charge in [-0.3, -0.25) is 14.5 Å². The molecule has 8 nitrogen and oxygen atoms in total. The molecule has 3 aromatic carbocycles. The quantitative estimate of drug-likeness (QED) is 0.512. The largest absolute Gasteiger partial charge is 0.399 e. The van der Waals surface area contributed by atoms with Gasteiger partial charge in [0.05, 0.1) is 10.6 Å². The molecule has 10 heteroatoms. The number of carbonyl (C=O) groups excluding carboxylic acids is 2. The van der Waals surface area contributed by atoms with Crippen molar-refractivity contribution in [2.75, 3.05) is 54.5 Å². The summed E-state index contributed by atoms with van der Waals surface area (Å²) in [7, 11) is -3.64. The average molecular weight is 511 g/mol. The molecule has 1 saturated heterocycles. The van der Waals surface area contributed by atoms with Crippen LogP contribution in [0.15, 0.2) is 77.7 Å². The van der Waals surface area contributed by atoms with Crippen LogP contribution in [0.1, 0.15) is 10.4 Å². The number of sulfone groups is 1. The third kappa shape index (κ3) is 5.65. The number of anilines is 3. The van der Waals surface area contributed by atoms with Crippen LogP contribution in [0.2, 0.25) is 0 Å². The summed E-state index contributed by atoms with van der Waals surface area (Å²) in [5, 5.41) is 0. The third-order valence-corrected chi connectivity index (χ3v) is 7.16. The number of benzene rings is 3. The van der Waals surface area contributed by atoms with E-state index in [1.807, 2.05) is 11.0 Å². The van der Waals surface area contributed by atoms with Crippen molar-refractivity contribution in [2.24, 2.45) is 0 Å². The molecule has 0 saturated carbocycles. The van der Waals surface area contributed by atoms with Crippen LogP contribution in [-0.4, -0.2) is 64.1 Å². The molecule has 0 unspecified atom stereocenters. The minimum Gasteiger partial charge on any atom is -0.399 e. The van der Waals surface area contributed by atoms with Crippen molar-refractivity contribution in [3.8, 4) is 0 Å². The molecule has 1 aliphatic heterocycles. The highest BCUT2D eigenvalue weighted by atomic mass is 32.2. The highest BCUT2D eigenvalue weighted by Crippen LogP contribution is 2.27. The van der Waals surface area contributed by atoms with Gasteiger partial charge in [-0.05, 0) is 48.5 Å². The van der Waals surface area contributed by atoms with E-state index >= 15 is 0 Å². The Morgan fingerprint density at radius 2 is 1.64 bits per heavy atom. The summed E-state index contributed by atoms with van der Waals surface area (Å²) in [6.45, 7) is 1.23. The van der Waals surface area contributed by atoms with E-state index in [0.29, 0.717) is 48.8 Å². The molecule has 0 bridgehead atoms. The standard InChI is InChI=1S/C26H27FN4O4S/c1-36(34,35)24-17-20(27)10-11-23(24)29-12-14-30(15-13-29)25(32)18-31(22-8-3-2-4-9-22)26(33)19-6-5-7-21(28)16-19/h2-11,16-17H,12-15,18,28H2,1H3. The average Bonchev–Trinajstić information content (AvgIpc) is 2.87. The lowest BCUT2D eigenvalue weighted by Crippen LogP contribution is -2.52. The van der Waals surface area contributed by atoms with Gasteiger partial charge in [-0.1, -0.05) is 24.3 Å². The molecule has 0 radical (unpaired) electrons. The second-order valence-corrected chi connectivity index (χ2v) is 10.6. The van der Waals surface area contributed by atoms with Crippen molar-refractivity contribution in [3.05, 3.63) is 84.2 Å². The summed E-state index contributed by atoms with van der Waals surface area (Å²) >= 11 is 0. The zero-order valence-electron chi connectivity index (χ0n) is 19.8. The molecule has 4 rings (SSSR count). The van der Waals surface area contributed by atoms with Crippen molar-refractivity contribution in [1.82, 2.24) is 4.90 Å². The van der Waals surface area contributed by atoms with Crippen LogP contribution in [0.5, 0.6) is 0 Å². The number of hydrogen-bond acceptors (Lipinski definition) is 6. The van der Waals surface area contributed by atoms with E-state index in [1.54, 1.807) is 53.4 Å². The highest BCUT2D eigenvalue weighted by molar-refractivity contribution is 7.90. The fraction of sp³-hybridized carbons (Fsp3) is 0.231. The van der Waals surface area contributed by atoms with E-state index in [4.69, 9.17) is 5.73 Å². The Labute approximate surface area is 209 Å². The molecular weight excluding hydrogens is 483 g/mol. The van der Waals surface area contributed by atoms with Crippen molar-refractivity contribution < 1.29 is 22.4 Å². The van der Waals surface area contributed by atoms with E-state index < -0.39 is 15.7 Å². The van der Waals surface area contributed by atoms with E-state index in [-0.39, 0.29) is 23.3 Å². The monoisotopic (exact) mass is 510 g/mol. The molecule has 1 aliphatic rings. The number of hydrogen-bond donors (Lipinski definition) is 1. The summed E-state index contributed by atoms with van der Waals surface area (Å²) in [5.74, 6) is -1.21. The number of carbonyl (C=O) groups is 2. The Hall–Kier alpha value is -3.92. The van der Waals surface area contributed by atoms with Gasteiger partial charge in [-0.2, -0.15) is 0 Å².